The van der Waals surface area contributed by atoms with E-state index in [0.717, 1.165) is 5.56 Å². The Hall–Kier alpha value is -1.02. The Morgan fingerprint density at radius 2 is 1.35 bits per heavy atom. The number of benzene rings is 2. The molecule has 0 saturated carbocycles. The van der Waals surface area contributed by atoms with Gasteiger partial charge in [-0.2, -0.15) is 0 Å². The van der Waals surface area contributed by atoms with Crippen LogP contribution in [0.15, 0.2) is 42.5 Å². The Labute approximate surface area is 130 Å². The molecular weight excluding hydrogens is 289 g/mol. The molecule has 0 heterocycles. The summed E-state index contributed by atoms with van der Waals surface area (Å²) in [4.78, 5) is 0. The molecule has 0 radical (unpaired) electrons. The molecule has 2 atom stereocenters. The van der Waals surface area contributed by atoms with Gasteiger partial charge in [0.1, 0.15) is 0 Å². The maximum atomic E-state index is 6.07. The summed E-state index contributed by atoms with van der Waals surface area (Å²) in [6.07, 6.45) is 0. The predicted molar refractivity (Wildman–Crippen MR) is 87.6 cm³/mol. The van der Waals surface area contributed by atoms with Crippen molar-refractivity contribution in [1.82, 2.24) is 5.32 Å². The van der Waals surface area contributed by atoms with Crippen molar-refractivity contribution in [3.05, 3.63) is 69.2 Å². The standard InChI is InChI=1S/C17H19Cl2N/c1-11-4-6-14(7-5-11)12(2)20-13(3)15-8-9-16(18)17(19)10-15/h4-10,12-13,20H,1-3H3/t12-,13?/m0/s1. The lowest BCUT2D eigenvalue weighted by atomic mass is 10.0. The molecule has 0 saturated heterocycles. The average molecular weight is 308 g/mol. The van der Waals surface area contributed by atoms with Gasteiger partial charge in [-0.05, 0) is 44.0 Å². The van der Waals surface area contributed by atoms with Gasteiger partial charge in [0, 0.05) is 12.1 Å². The molecule has 0 bridgehead atoms. The number of hydrogen-bond donors (Lipinski definition) is 1. The average Bonchev–Trinajstić information content (AvgIpc) is 2.42. The fourth-order valence-electron chi connectivity index (χ4n) is 2.20. The van der Waals surface area contributed by atoms with Gasteiger partial charge in [0.05, 0.1) is 10.0 Å². The van der Waals surface area contributed by atoms with Gasteiger partial charge < -0.3 is 5.32 Å². The molecule has 0 aliphatic carbocycles. The molecule has 20 heavy (non-hydrogen) atoms. The van der Waals surface area contributed by atoms with E-state index in [0.29, 0.717) is 10.0 Å². The quantitative estimate of drug-likeness (QED) is 0.762. The van der Waals surface area contributed by atoms with Crippen LogP contribution in [0.1, 0.15) is 42.6 Å². The lowest BCUT2D eigenvalue weighted by molar-refractivity contribution is 0.494. The van der Waals surface area contributed by atoms with Crippen molar-refractivity contribution in [3.8, 4) is 0 Å². The molecule has 1 N–H and O–H groups in total. The summed E-state index contributed by atoms with van der Waals surface area (Å²) in [6.45, 7) is 6.39. The normalized spacial score (nSPS) is 14.1. The second-order valence-corrected chi connectivity index (χ2v) is 6.01. The van der Waals surface area contributed by atoms with E-state index in [2.05, 4.69) is 50.4 Å². The first kappa shape index (κ1) is 15.4. The van der Waals surface area contributed by atoms with Crippen molar-refractivity contribution in [2.75, 3.05) is 0 Å². The maximum absolute atomic E-state index is 6.07. The van der Waals surface area contributed by atoms with Gasteiger partial charge in [0.2, 0.25) is 0 Å². The Balaban J connectivity index is 2.08. The molecule has 0 aliphatic heterocycles. The molecule has 1 nitrogen and oxygen atoms in total. The molecule has 0 aliphatic rings. The van der Waals surface area contributed by atoms with E-state index < -0.39 is 0 Å². The van der Waals surface area contributed by atoms with Gasteiger partial charge in [-0.3, -0.25) is 0 Å². The van der Waals surface area contributed by atoms with Crippen LogP contribution in [0.5, 0.6) is 0 Å². The zero-order valence-corrected chi connectivity index (χ0v) is 13.5. The third-order valence-corrected chi connectivity index (χ3v) is 4.26. The van der Waals surface area contributed by atoms with Crippen LogP contribution in [-0.4, -0.2) is 0 Å². The lowest BCUT2D eigenvalue weighted by Crippen LogP contribution is -2.22. The zero-order valence-electron chi connectivity index (χ0n) is 12.0. The van der Waals surface area contributed by atoms with Crippen molar-refractivity contribution >= 4 is 23.2 Å². The van der Waals surface area contributed by atoms with E-state index in [9.17, 15) is 0 Å². The summed E-state index contributed by atoms with van der Waals surface area (Å²) in [7, 11) is 0. The molecule has 2 aromatic carbocycles. The zero-order chi connectivity index (χ0) is 14.7. The first-order chi connectivity index (χ1) is 9.47. The minimum absolute atomic E-state index is 0.209. The van der Waals surface area contributed by atoms with Crippen LogP contribution in [0.2, 0.25) is 10.0 Å². The van der Waals surface area contributed by atoms with Gasteiger partial charge in [-0.15, -0.1) is 0 Å². The fourth-order valence-corrected chi connectivity index (χ4v) is 2.51. The third-order valence-electron chi connectivity index (χ3n) is 3.52. The van der Waals surface area contributed by atoms with Crippen molar-refractivity contribution in [2.24, 2.45) is 0 Å². The second kappa shape index (κ2) is 6.62. The molecule has 0 amide bonds. The van der Waals surface area contributed by atoms with Crippen LogP contribution in [0.25, 0.3) is 0 Å². The summed E-state index contributed by atoms with van der Waals surface area (Å²) in [6, 6.07) is 14.9. The summed E-state index contributed by atoms with van der Waals surface area (Å²) >= 11 is 12.0. The minimum Gasteiger partial charge on any atom is -0.304 e. The van der Waals surface area contributed by atoms with E-state index >= 15 is 0 Å². The highest BCUT2D eigenvalue weighted by Crippen LogP contribution is 2.27. The van der Waals surface area contributed by atoms with E-state index in [1.165, 1.54) is 11.1 Å². The van der Waals surface area contributed by atoms with Gasteiger partial charge in [-0.1, -0.05) is 59.1 Å². The number of hydrogen-bond acceptors (Lipinski definition) is 1. The van der Waals surface area contributed by atoms with Gasteiger partial charge in [0.15, 0.2) is 0 Å². The van der Waals surface area contributed by atoms with Crippen LogP contribution in [0, 0.1) is 6.92 Å². The van der Waals surface area contributed by atoms with Crippen molar-refractivity contribution in [2.45, 2.75) is 32.9 Å². The van der Waals surface area contributed by atoms with Crippen LogP contribution < -0.4 is 5.32 Å². The first-order valence-electron chi connectivity index (χ1n) is 6.75. The molecule has 0 spiro atoms. The Bertz CT molecular complexity index is 578. The van der Waals surface area contributed by atoms with Crippen molar-refractivity contribution in [3.63, 3.8) is 0 Å². The number of aryl methyl sites for hydroxylation is 1. The van der Waals surface area contributed by atoms with E-state index in [4.69, 9.17) is 23.2 Å². The summed E-state index contributed by atoms with van der Waals surface area (Å²) in [5.41, 5.74) is 3.69. The molecule has 0 aromatic heterocycles. The minimum atomic E-state index is 0.209. The number of nitrogens with one attached hydrogen (secondary N) is 1. The van der Waals surface area contributed by atoms with E-state index in [1.807, 2.05) is 18.2 Å². The predicted octanol–water partition coefficient (Wildman–Crippen LogP) is 5.71. The monoisotopic (exact) mass is 307 g/mol. The van der Waals surface area contributed by atoms with Crippen molar-refractivity contribution in [1.29, 1.82) is 0 Å². The number of rotatable bonds is 4. The lowest BCUT2D eigenvalue weighted by Gasteiger charge is -2.21. The highest BCUT2D eigenvalue weighted by atomic mass is 35.5. The highest BCUT2D eigenvalue weighted by molar-refractivity contribution is 6.42. The van der Waals surface area contributed by atoms with Crippen LogP contribution >= 0.6 is 23.2 Å². The summed E-state index contributed by atoms with van der Waals surface area (Å²) < 4.78 is 0. The molecule has 0 fully saturated rings. The van der Waals surface area contributed by atoms with E-state index in [-0.39, 0.29) is 12.1 Å². The molecule has 1 unspecified atom stereocenters. The molecule has 3 heteroatoms. The summed E-state index contributed by atoms with van der Waals surface area (Å²) in [5.74, 6) is 0. The SMILES string of the molecule is Cc1ccc([C@H](C)NC(C)c2ccc(Cl)c(Cl)c2)cc1. The maximum Gasteiger partial charge on any atom is 0.0595 e. The van der Waals surface area contributed by atoms with E-state index in [1.54, 1.807) is 0 Å². The highest BCUT2D eigenvalue weighted by Gasteiger charge is 2.12. The Kier molecular flexibility index (Phi) is 5.09. The van der Waals surface area contributed by atoms with Crippen LogP contribution in [-0.2, 0) is 0 Å². The van der Waals surface area contributed by atoms with Gasteiger partial charge in [-0.25, -0.2) is 0 Å². The van der Waals surface area contributed by atoms with Crippen molar-refractivity contribution < 1.29 is 0 Å². The largest absolute Gasteiger partial charge is 0.304 e. The van der Waals surface area contributed by atoms with Gasteiger partial charge >= 0.3 is 0 Å². The van der Waals surface area contributed by atoms with Crippen LogP contribution in [0.4, 0.5) is 0 Å². The topological polar surface area (TPSA) is 12.0 Å². The number of halogens is 2. The molecule has 2 aromatic rings. The smallest absolute Gasteiger partial charge is 0.0595 e. The van der Waals surface area contributed by atoms with Gasteiger partial charge in [0.25, 0.3) is 0 Å². The molecule has 106 valence electrons. The molecule has 2 rings (SSSR count). The summed E-state index contributed by atoms with van der Waals surface area (Å²) in [5, 5.41) is 4.77. The second-order valence-electron chi connectivity index (χ2n) is 5.19. The third kappa shape index (κ3) is 3.76. The van der Waals surface area contributed by atoms with Crippen LogP contribution in [0.3, 0.4) is 0 Å². The Morgan fingerprint density at radius 1 is 0.800 bits per heavy atom. The fraction of sp³-hybridized carbons (Fsp3) is 0.294. The first-order valence-corrected chi connectivity index (χ1v) is 7.50. The Morgan fingerprint density at radius 3 is 1.95 bits per heavy atom. The molecular formula is C17H19Cl2N.